The van der Waals surface area contributed by atoms with E-state index < -0.39 is 0 Å². The number of hydrogen-bond acceptors (Lipinski definition) is 8. The average molecular weight is 518 g/mol. The lowest BCUT2D eigenvalue weighted by atomic mass is 9.94. The number of halogens is 1. The highest BCUT2D eigenvalue weighted by molar-refractivity contribution is 7.21. The number of rotatable bonds is 6. The first kappa shape index (κ1) is 23.5. The zero-order valence-electron chi connectivity index (χ0n) is 19.1. The van der Waals surface area contributed by atoms with E-state index in [1.165, 1.54) is 50.6 Å². The van der Waals surface area contributed by atoms with Gasteiger partial charge in [0, 0.05) is 55.4 Å². The molecule has 1 N–H and O–H groups in total. The quantitative estimate of drug-likeness (QED) is 0.456. The van der Waals surface area contributed by atoms with E-state index in [0.717, 1.165) is 47.8 Å². The summed E-state index contributed by atoms with van der Waals surface area (Å²) in [4.78, 5) is 27.8. The van der Waals surface area contributed by atoms with E-state index >= 15 is 0 Å². The lowest BCUT2D eigenvalue weighted by Crippen LogP contribution is -2.50. The average Bonchev–Trinajstić information content (AvgIpc) is 3.50. The van der Waals surface area contributed by atoms with Crippen LogP contribution in [-0.4, -0.2) is 60.1 Å². The van der Waals surface area contributed by atoms with Crippen molar-refractivity contribution in [1.29, 1.82) is 0 Å². The topological polar surface area (TPSA) is 70.6 Å². The normalized spacial score (nSPS) is 17.6. The van der Waals surface area contributed by atoms with Crippen molar-refractivity contribution in [2.24, 2.45) is 0 Å². The third kappa shape index (κ3) is 5.22. The van der Waals surface area contributed by atoms with Crippen molar-refractivity contribution in [3.63, 3.8) is 0 Å². The van der Waals surface area contributed by atoms with Crippen molar-refractivity contribution in [2.45, 2.75) is 38.1 Å². The Hall–Kier alpha value is -2.20. The predicted octanol–water partition coefficient (Wildman–Crippen LogP) is 5.64. The Labute approximate surface area is 212 Å². The maximum Gasteiger partial charge on any atom is 0.257 e. The van der Waals surface area contributed by atoms with Crippen LogP contribution in [0.1, 0.15) is 42.5 Å². The van der Waals surface area contributed by atoms with Crippen LogP contribution in [0, 0.1) is 0 Å². The third-order valence-electron chi connectivity index (χ3n) is 6.53. The second-order valence-electron chi connectivity index (χ2n) is 8.66. The van der Waals surface area contributed by atoms with Crippen molar-refractivity contribution >= 4 is 50.3 Å². The summed E-state index contributed by atoms with van der Waals surface area (Å²) in [6.45, 7) is 4.04. The minimum absolute atomic E-state index is 0.237. The van der Waals surface area contributed by atoms with Crippen LogP contribution in [0.5, 0.6) is 5.88 Å². The van der Waals surface area contributed by atoms with Crippen LogP contribution >= 0.6 is 34.3 Å². The van der Waals surface area contributed by atoms with Gasteiger partial charge in [-0.1, -0.05) is 42.2 Å². The zero-order valence-corrected chi connectivity index (χ0v) is 21.5. The van der Waals surface area contributed by atoms with E-state index in [1.807, 2.05) is 11.4 Å². The van der Waals surface area contributed by atoms with E-state index in [4.69, 9.17) is 21.3 Å². The standard InChI is InChI=1S/C24H28ClN5O2S2/c1-32-20-13-16(7-8-26-20)22(31)28-24-27-21(19-14-17(25)15-33-19)23(34-24)30-11-9-29(10-12-30)18-5-3-2-4-6-18/h7-8,13-15,18H,2-6,9-12H2,1H3,(H,27,28,31). The number of amides is 1. The number of hydrogen-bond donors (Lipinski definition) is 1. The van der Waals surface area contributed by atoms with E-state index in [-0.39, 0.29) is 5.91 Å². The third-order valence-corrected chi connectivity index (χ3v) is 8.85. The molecule has 1 amide bonds. The summed E-state index contributed by atoms with van der Waals surface area (Å²) >= 11 is 9.33. The summed E-state index contributed by atoms with van der Waals surface area (Å²) in [5, 5.41) is 7.25. The summed E-state index contributed by atoms with van der Waals surface area (Å²) in [6, 6.07) is 5.97. The molecule has 0 unspecified atom stereocenters. The Balaban J connectivity index is 1.35. The lowest BCUT2D eigenvalue weighted by Gasteiger charge is -2.41. The van der Waals surface area contributed by atoms with Crippen molar-refractivity contribution in [2.75, 3.05) is 43.5 Å². The Morgan fingerprint density at radius 1 is 1.18 bits per heavy atom. The molecule has 3 aromatic rings. The van der Waals surface area contributed by atoms with Crippen LogP contribution in [-0.2, 0) is 0 Å². The van der Waals surface area contributed by atoms with Crippen molar-refractivity contribution in [1.82, 2.24) is 14.9 Å². The zero-order chi connectivity index (χ0) is 23.5. The Morgan fingerprint density at radius 3 is 2.68 bits per heavy atom. The van der Waals surface area contributed by atoms with Gasteiger partial charge in [-0.25, -0.2) is 9.97 Å². The molecule has 1 aliphatic carbocycles. The summed E-state index contributed by atoms with van der Waals surface area (Å²) in [5.41, 5.74) is 1.36. The molecule has 5 rings (SSSR count). The van der Waals surface area contributed by atoms with Crippen molar-refractivity contribution in [3.05, 3.63) is 40.4 Å². The monoisotopic (exact) mass is 517 g/mol. The van der Waals surface area contributed by atoms with Crippen LogP contribution in [0.25, 0.3) is 10.6 Å². The van der Waals surface area contributed by atoms with Crippen LogP contribution in [0.2, 0.25) is 5.02 Å². The fraction of sp³-hybridized carbons (Fsp3) is 0.458. The number of carbonyl (C=O) groups excluding carboxylic acids is 1. The lowest BCUT2D eigenvalue weighted by molar-refractivity contribution is 0.102. The maximum absolute atomic E-state index is 12.9. The molecule has 2 fully saturated rings. The van der Waals surface area contributed by atoms with E-state index in [1.54, 1.807) is 29.7 Å². The van der Waals surface area contributed by atoms with Crippen molar-refractivity contribution < 1.29 is 9.53 Å². The number of anilines is 2. The number of nitrogens with zero attached hydrogens (tertiary/aromatic N) is 4. The molecule has 0 bridgehead atoms. The number of nitrogens with one attached hydrogen (secondary N) is 1. The minimum Gasteiger partial charge on any atom is -0.481 e. The molecule has 0 atom stereocenters. The van der Waals surface area contributed by atoms with Gasteiger partial charge in [-0.3, -0.25) is 15.0 Å². The molecule has 4 heterocycles. The van der Waals surface area contributed by atoms with Gasteiger partial charge in [0.05, 0.1) is 17.0 Å². The van der Waals surface area contributed by atoms with Gasteiger partial charge >= 0.3 is 0 Å². The summed E-state index contributed by atoms with van der Waals surface area (Å²) in [6.07, 6.45) is 8.31. The molecule has 0 spiro atoms. The number of piperazine rings is 1. The number of pyridine rings is 1. The second kappa shape index (κ2) is 10.6. The van der Waals surface area contributed by atoms with Gasteiger partial charge in [-0.15, -0.1) is 11.3 Å². The van der Waals surface area contributed by atoms with Crippen LogP contribution in [0.4, 0.5) is 10.1 Å². The van der Waals surface area contributed by atoms with Crippen LogP contribution in [0.3, 0.4) is 0 Å². The van der Waals surface area contributed by atoms with Crippen LogP contribution < -0.4 is 15.0 Å². The first-order valence-corrected chi connectivity index (χ1v) is 13.7. The molecule has 2 aliphatic rings. The van der Waals surface area contributed by atoms with Gasteiger partial charge in [0.1, 0.15) is 10.7 Å². The number of aromatic nitrogens is 2. The summed E-state index contributed by atoms with van der Waals surface area (Å²) < 4.78 is 5.14. The highest BCUT2D eigenvalue weighted by atomic mass is 35.5. The molecule has 0 aromatic carbocycles. The molecule has 1 saturated carbocycles. The highest BCUT2D eigenvalue weighted by Gasteiger charge is 2.28. The molecular weight excluding hydrogens is 490 g/mol. The number of thiazole rings is 1. The number of thiophene rings is 1. The predicted molar refractivity (Wildman–Crippen MR) is 140 cm³/mol. The van der Waals surface area contributed by atoms with E-state index in [0.29, 0.717) is 21.6 Å². The maximum atomic E-state index is 12.9. The van der Waals surface area contributed by atoms with Crippen LogP contribution in [0.15, 0.2) is 29.8 Å². The molecule has 3 aromatic heterocycles. The number of methoxy groups -OCH3 is 1. The molecular formula is C24H28ClN5O2S2. The van der Waals surface area contributed by atoms with Gasteiger partial charge in [-0.2, -0.15) is 0 Å². The molecule has 180 valence electrons. The van der Waals surface area contributed by atoms with Gasteiger partial charge in [0.15, 0.2) is 5.13 Å². The molecule has 0 radical (unpaired) electrons. The molecule has 34 heavy (non-hydrogen) atoms. The van der Waals surface area contributed by atoms with E-state index in [9.17, 15) is 4.79 Å². The first-order chi connectivity index (χ1) is 16.6. The largest absolute Gasteiger partial charge is 0.481 e. The Bertz CT molecular complexity index is 1140. The number of ether oxygens (including phenoxy) is 1. The Kier molecular flexibility index (Phi) is 7.34. The number of carbonyl (C=O) groups is 1. The fourth-order valence-electron chi connectivity index (χ4n) is 4.75. The van der Waals surface area contributed by atoms with Gasteiger partial charge in [0.25, 0.3) is 5.91 Å². The summed E-state index contributed by atoms with van der Waals surface area (Å²) in [5.74, 6) is 0.163. The molecule has 1 aliphatic heterocycles. The summed E-state index contributed by atoms with van der Waals surface area (Å²) in [7, 11) is 1.53. The highest BCUT2D eigenvalue weighted by Crippen LogP contribution is 2.42. The van der Waals surface area contributed by atoms with Crippen molar-refractivity contribution in [3.8, 4) is 16.5 Å². The second-order valence-corrected chi connectivity index (χ2v) is 11.0. The van der Waals surface area contributed by atoms with Gasteiger partial charge < -0.3 is 9.64 Å². The Morgan fingerprint density at radius 2 is 1.97 bits per heavy atom. The molecule has 1 saturated heterocycles. The fourth-order valence-corrected chi connectivity index (χ4v) is 6.90. The first-order valence-electron chi connectivity index (χ1n) is 11.7. The molecule has 7 nitrogen and oxygen atoms in total. The van der Waals surface area contributed by atoms with Gasteiger partial charge in [0.2, 0.25) is 5.88 Å². The molecule has 10 heteroatoms. The minimum atomic E-state index is -0.237. The smallest absolute Gasteiger partial charge is 0.257 e. The van der Waals surface area contributed by atoms with Gasteiger partial charge in [-0.05, 0) is 25.0 Å². The van der Waals surface area contributed by atoms with E-state index in [2.05, 4.69) is 20.1 Å². The SMILES string of the molecule is COc1cc(C(=O)Nc2nc(-c3cc(Cl)cs3)c(N3CCN(C4CCCCC4)CC3)s2)ccn1.